The number of hydrogen-bond acceptors (Lipinski definition) is 6. The van der Waals surface area contributed by atoms with Crippen LogP contribution in [0.4, 0.5) is 4.39 Å². The van der Waals surface area contributed by atoms with E-state index in [1.54, 1.807) is 18.3 Å². The highest BCUT2D eigenvalue weighted by Gasteiger charge is 2.34. The highest BCUT2D eigenvalue weighted by atomic mass is 19.1. The number of hydrogen-bond donors (Lipinski definition) is 1. The van der Waals surface area contributed by atoms with Crippen molar-refractivity contribution in [3.8, 4) is 5.75 Å². The van der Waals surface area contributed by atoms with Gasteiger partial charge in [-0.3, -0.25) is 14.7 Å². The second-order valence-electron chi connectivity index (χ2n) is 8.53. The van der Waals surface area contributed by atoms with Gasteiger partial charge in [-0.05, 0) is 55.3 Å². The number of morpholine rings is 1. The lowest BCUT2D eigenvalue weighted by atomic mass is 10.0. The molecule has 0 aliphatic carbocycles. The third-order valence-electron chi connectivity index (χ3n) is 6.39. The number of rotatable bonds is 11. The molecule has 2 aliphatic rings. The summed E-state index contributed by atoms with van der Waals surface area (Å²) >= 11 is 0. The zero-order valence-electron chi connectivity index (χ0n) is 19.0. The number of carbonyl (C=O) groups excluding carboxylic acids is 1. The largest absolute Gasteiger partial charge is 0.492 e. The van der Waals surface area contributed by atoms with Gasteiger partial charge in [-0.2, -0.15) is 0 Å². The molecule has 0 saturated carbocycles. The second kappa shape index (κ2) is 12.1. The smallest absolute Gasteiger partial charge is 0.222 e. The first-order valence-corrected chi connectivity index (χ1v) is 11.8. The number of pyridine rings is 1. The first-order valence-electron chi connectivity index (χ1n) is 11.8. The summed E-state index contributed by atoms with van der Waals surface area (Å²) in [5.41, 5.74) is 1.15. The monoisotopic (exact) mass is 456 g/mol. The van der Waals surface area contributed by atoms with Crippen LogP contribution >= 0.6 is 0 Å². The fourth-order valence-electron chi connectivity index (χ4n) is 4.59. The van der Waals surface area contributed by atoms with Crippen molar-refractivity contribution in [2.24, 2.45) is 0 Å². The van der Waals surface area contributed by atoms with Crippen LogP contribution in [-0.4, -0.2) is 79.3 Å². The van der Waals surface area contributed by atoms with Crippen LogP contribution in [0, 0.1) is 5.82 Å². The quantitative estimate of drug-likeness (QED) is 0.525. The van der Waals surface area contributed by atoms with Gasteiger partial charge >= 0.3 is 0 Å². The molecule has 0 bridgehead atoms. The summed E-state index contributed by atoms with van der Waals surface area (Å²) in [5, 5.41) is 3.40. The summed E-state index contributed by atoms with van der Waals surface area (Å²) in [6.45, 7) is 5.88. The molecule has 1 N–H and O–H groups in total. The van der Waals surface area contributed by atoms with Gasteiger partial charge in [0.15, 0.2) is 0 Å². The number of nitrogens with one attached hydrogen (secondary N) is 1. The SMILES string of the molecule is O=C1CC[C@@H](CCNCCOc2ccc(F)cc2)N1C[C@@H](c1cccnc1)N1CCOCC1. The van der Waals surface area contributed by atoms with Crippen molar-refractivity contribution in [1.82, 2.24) is 20.1 Å². The van der Waals surface area contributed by atoms with Gasteiger partial charge in [0.2, 0.25) is 5.91 Å². The van der Waals surface area contributed by atoms with Crippen molar-refractivity contribution in [3.05, 3.63) is 60.2 Å². The molecule has 0 unspecified atom stereocenters. The molecule has 2 saturated heterocycles. The molecule has 2 atom stereocenters. The number of ether oxygens (including phenoxy) is 2. The van der Waals surface area contributed by atoms with Gasteiger partial charge in [0.05, 0.1) is 19.3 Å². The van der Waals surface area contributed by atoms with E-state index in [2.05, 4.69) is 26.2 Å². The van der Waals surface area contributed by atoms with Crippen LogP contribution in [0.5, 0.6) is 5.75 Å². The third kappa shape index (κ3) is 6.72. The number of benzene rings is 1. The van der Waals surface area contributed by atoms with Gasteiger partial charge in [0.25, 0.3) is 0 Å². The molecule has 1 amide bonds. The Morgan fingerprint density at radius 2 is 2.00 bits per heavy atom. The van der Waals surface area contributed by atoms with Crippen LogP contribution in [0.2, 0.25) is 0 Å². The molecule has 1 aromatic carbocycles. The number of halogens is 1. The molecular formula is C25H33FN4O3. The van der Waals surface area contributed by atoms with Gasteiger partial charge in [-0.25, -0.2) is 4.39 Å². The minimum atomic E-state index is -0.268. The Bertz CT molecular complexity index is 862. The van der Waals surface area contributed by atoms with E-state index in [0.29, 0.717) is 31.9 Å². The highest BCUT2D eigenvalue weighted by Crippen LogP contribution is 2.28. The topological polar surface area (TPSA) is 66.9 Å². The van der Waals surface area contributed by atoms with Crippen molar-refractivity contribution >= 4 is 5.91 Å². The van der Waals surface area contributed by atoms with E-state index in [9.17, 15) is 9.18 Å². The fourth-order valence-corrected chi connectivity index (χ4v) is 4.59. The average Bonchev–Trinajstić information content (AvgIpc) is 3.20. The van der Waals surface area contributed by atoms with E-state index in [4.69, 9.17) is 9.47 Å². The number of aromatic nitrogens is 1. The van der Waals surface area contributed by atoms with Crippen LogP contribution < -0.4 is 10.1 Å². The second-order valence-corrected chi connectivity index (χ2v) is 8.53. The van der Waals surface area contributed by atoms with Gasteiger partial charge in [0, 0.05) is 51.0 Å². The molecule has 4 rings (SSSR count). The third-order valence-corrected chi connectivity index (χ3v) is 6.39. The Kier molecular flexibility index (Phi) is 8.63. The summed E-state index contributed by atoms with van der Waals surface area (Å²) < 4.78 is 24.1. The van der Waals surface area contributed by atoms with Crippen molar-refractivity contribution in [1.29, 1.82) is 0 Å². The van der Waals surface area contributed by atoms with Crippen molar-refractivity contribution in [2.75, 3.05) is 52.5 Å². The minimum Gasteiger partial charge on any atom is -0.492 e. The standard InChI is InChI=1S/C25H33FN4O3/c26-21-3-6-23(7-4-21)33-15-12-27-11-9-22-5-8-25(31)30(22)19-24(20-2-1-10-28-18-20)29-13-16-32-17-14-29/h1-4,6-7,10,18,22,24,27H,5,8-9,11-17,19H2/t22-,24-/m0/s1. The molecule has 2 aliphatic heterocycles. The lowest BCUT2D eigenvalue weighted by Crippen LogP contribution is -2.46. The molecule has 3 heterocycles. The molecule has 0 spiro atoms. The molecule has 0 radical (unpaired) electrons. The van der Waals surface area contributed by atoms with Crippen LogP contribution in [0.15, 0.2) is 48.8 Å². The zero-order valence-corrected chi connectivity index (χ0v) is 19.0. The van der Waals surface area contributed by atoms with E-state index >= 15 is 0 Å². The summed E-state index contributed by atoms with van der Waals surface area (Å²) in [7, 11) is 0. The summed E-state index contributed by atoms with van der Waals surface area (Å²) in [6.07, 6.45) is 6.12. The van der Waals surface area contributed by atoms with E-state index in [1.807, 2.05) is 12.3 Å². The van der Waals surface area contributed by atoms with Crippen LogP contribution in [0.3, 0.4) is 0 Å². The minimum absolute atomic E-state index is 0.129. The van der Waals surface area contributed by atoms with Crippen LogP contribution in [-0.2, 0) is 9.53 Å². The summed E-state index contributed by atoms with van der Waals surface area (Å²) in [5.74, 6) is 0.632. The normalized spacial score (nSPS) is 20.2. The van der Waals surface area contributed by atoms with Crippen LogP contribution in [0.25, 0.3) is 0 Å². The predicted molar refractivity (Wildman–Crippen MR) is 123 cm³/mol. The number of amides is 1. The molecule has 2 fully saturated rings. The predicted octanol–water partition coefficient (Wildman–Crippen LogP) is 2.64. The maximum absolute atomic E-state index is 13.0. The van der Waals surface area contributed by atoms with Gasteiger partial charge in [-0.15, -0.1) is 0 Å². The zero-order chi connectivity index (χ0) is 22.9. The number of nitrogens with zero attached hydrogens (tertiary/aromatic N) is 3. The summed E-state index contributed by atoms with van der Waals surface area (Å²) in [4.78, 5) is 21.6. The average molecular weight is 457 g/mol. The van der Waals surface area contributed by atoms with Crippen LogP contribution in [0.1, 0.15) is 30.9 Å². The van der Waals surface area contributed by atoms with Gasteiger partial charge < -0.3 is 19.7 Å². The Balaban J connectivity index is 1.27. The van der Waals surface area contributed by atoms with E-state index in [-0.39, 0.29) is 23.8 Å². The maximum Gasteiger partial charge on any atom is 0.222 e. The molecule has 2 aromatic rings. The number of likely N-dealkylation sites (tertiary alicyclic amines) is 1. The van der Waals surface area contributed by atoms with Crippen molar-refractivity contribution in [3.63, 3.8) is 0 Å². The first-order chi connectivity index (χ1) is 16.2. The lowest BCUT2D eigenvalue weighted by Gasteiger charge is -2.38. The molecular weight excluding hydrogens is 423 g/mol. The molecule has 7 nitrogen and oxygen atoms in total. The molecule has 1 aromatic heterocycles. The maximum atomic E-state index is 13.0. The fraction of sp³-hybridized carbons (Fsp3) is 0.520. The molecule has 178 valence electrons. The highest BCUT2D eigenvalue weighted by molar-refractivity contribution is 5.78. The summed E-state index contributed by atoms with van der Waals surface area (Å²) in [6, 6.07) is 10.5. The molecule has 8 heteroatoms. The Morgan fingerprint density at radius 3 is 2.76 bits per heavy atom. The van der Waals surface area contributed by atoms with Crippen molar-refractivity contribution in [2.45, 2.75) is 31.3 Å². The van der Waals surface area contributed by atoms with Crippen molar-refractivity contribution < 1.29 is 18.7 Å². The van der Waals surface area contributed by atoms with E-state index < -0.39 is 0 Å². The Morgan fingerprint density at radius 1 is 1.18 bits per heavy atom. The number of carbonyl (C=O) groups is 1. The molecule has 33 heavy (non-hydrogen) atoms. The van der Waals surface area contributed by atoms with Gasteiger partial charge in [0.1, 0.15) is 18.2 Å². The Labute approximate surface area is 194 Å². The lowest BCUT2D eigenvalue weighted by molar-refractivity contribution is -0.130. The van der Waals surface area contributed by atoms with Gasteiger partial charge in [-0.1, -0.05) is 6.07 Å². The first kappa shape index (κ1) is 23.6. The van der Waals surface area contributed by atoms with E-state index in [1.165, 1.54) is 12.1 Å². The Hall–Kier alpha value is -2.55. The van der Waals surface area contributed by atoms with E-state index in [0.717, 1.165) is 51.3 Å².